The predicted molar refractivity (Wildman–Crippen MR) is 78.7 cm³/mol. The lowest BCUT2D eigenvalue weighted by Crippen LogP contribution is -2.27. The zero-order valence-electron chi connectivity index (χ0n) is 11.9. The number of nitrogens with zero attached hydrogens (tertiary/aromatic N) is 1. The molecule has 1 fully saturated rings. The van der Waals surface area contributed by atoms with Crippen LogP contribution in [0.2, 0.25) is 0 Å². The van der Waals surface area contributed by atoms with Crippen LogP contribution in [-0.2, 0) is 6.42 Å². The lowest BCUT2D eigenvalue weighted by atomic mass is 9.77. The highest BCUT2D eigenvalue weighted by Crippen LogP contribution is 2.34. The molecule has 106 valence electrons. The molecule has 0 aliphatic heterocycles. The topological polar surface area (TPSA) is 59.1 Å². The molecule has 1 aromatic rings. The first-order valence-electron chi connectivity index (χ1n) is 7.58. The molecule has 1 heterocycles. The first kappa shape index (κ1) is 14.3. The summed E-state index contributed by atoms with van der Waals surface area (Å²) in [5, 5.41) is 10.4. The normalized spacial score (nSPS) is 25.2. The van der Waals surface area contributed by atoms with E-state index in [1.807, 2.05) is 12.1 Å². The summed E-state index contributed by atoms with van der Waals surface area (Å²) in [6.45, 7) is 2.26. The molecule has 1 unspecified atom stereocenters. The summed E-state index contributed by atoms with van der Waals surface area (Å²) in [6.07, 6.45) is 9.56. The van der Waals surface area contributed by atoms with Crippen molar-refractivity contribution in [1.29, 1.82) is 0 Å². The number of pyridine rings is 1. The number of nitrogens with two attached hydrogens (primary N) is 1. The van der Waals surface area contributed by atoms with Gasteiger partial charge in [-0.2, -0.15) is 0 Å². The first-order valence-corrected chi connectivity index (χ1v) is 7.58. The molecule has 19 heavy (non-hydrogen) atoms. The smallest absolute Gasteiger partial charge is 0.126 e. The molecule has 0 saturated heterocycles. The Morgan fingerprint density at radius 2 is 2.11 bits per heavy atom. The minimum absolute atomic E-state index is 0.269. The van der Waals surface area contributed by atoms with Crippen molar-refractivity contribution in [3.05, 3.63) is 23.9 Å². The van der Waals surface area contributed by atoms with E-state index in [-0.39, 0.29) is 6.10 Å². The summed E-state index contributed by atoms with van der Waals surface area (Å²) in [5.41, 5.74) is 6.82. The third kappa shape index (κ3) is 3.93. The third-order valence-electron chi connectivity index (χ3n) is 4.49. The number of aromatic nitrogens is 1. The Bertz CT molecular complexity index is 386. The number of nitrogen functional groups attached to an aromatic ring is 1. The fourth-order valence-corrected chi connectivity index (χ4v) is 3.29. The van der Waals surface area contributed by atoms with Crippen molar-refractivity contribution < 1.29 is 5.11 Å². The van der Waals surface area contributed by atoms with Gasteiger partial charge in [0.05, 0.1) is 6.10 Å². The van der Waals surface area contributed by atoms with E-state index in [0.717, 1.165) is 24.3 Å². The second kappa shape index (κ2) is 6.90. The van der Waals surface area contributed by atoms with Gasteiger partial charge < -0.3 is 10.8 Å². The Balaban J connectivity index is 1.85. The van der Waals surface area contributed by atoms with Gasteiger partial charge in [0.1, 0.15) is 5.82 Å². The van der Waals surface area contributed by atoms with Crippen molar-refractivity contribution in [2.24, 2.45) is 11.8 Å². The molecule has 1 aliphatic rings. The monoisotopic (exact) mass is 262 g/mol. The van der Waals surface area contributed by atoms with Crippen molar-refractivity contribution in [3.63, 3.8) is 0 Å². The number of anilines is 1. The Morgan fingerprint density at radius 3 is 2.74 bits per heavy atom. The molecule has 0 bridgehead atoms. The zero-order valence-corrected chi connectivity index (χ0v) is 11.9. The number of aliphatic hydroxyl groups excluding tert-OH is 1. The van der Waals surface area contributed by atoms with E-state index in [4.69, 9.17) is 5.73 Å². The van der Waals surface area contributed by atoms with E-state index in [1.54, 1.807) is 6.20 Å². The highest BCUT2D eigenvalue weighted by atomic mass is 16.3. The minimum atomic E-state index is -0.269. The standard InChI is InChI=1S/C16H26N2O/c1-2-4-12-6-8-13(9-7-12)15(19)11-14-5-3-10-18-16(14)17/h3,5,10,12-13,15,19H,2,4,6-9,11H2,1H3,(H2,17,18). The van der Waals surface area contributed by atoms with Crippen LogP contribution < -0.4 is 5.73 Å². The Morgan fingerprint density at radius 1 is 1.37 bits per heavy atom. The Kier molecular flexibility index (Phi) is 5.20. The van der Waals surface area contributed by atoms with Gasteiger partial charge in [-0.05, 0) is 36.3 Å². The van der Waals surface area contributed by atoms with E-state index in [2.05, 4.69) is 11.9 Å². The van der Waals surface area contributed by atoms with Gasteiger partial charge in [0.25, 0.3) is 0 Å². The average Bonchev–Trinajstić information content (AvgIpc) is 2.42. The fraction of sp³-hybridized carbons (Fsp3) is 0.688. The van der Waals surface area contributed by atoms with E-state index < -0.39 is 0 Å². The summed E-state index contributed by atoms with van der Waals surface area (Å²) in [5.74, 6) is 1.88. The van der Waals surface area contributed by atoms with Gasteiger partial charge in [0.15, 0.2) is 0 Å². The molecule has 0 spiro atoms. The van der Waals surface area contributed by atoms with E-state index >= 15 is 0 Å². The summed E-state index contributed by atoms with van der Waals surface area (Å²) in [6, 6.07) is 3.85. The summed E-state index contributed by atoms with van der Waals surface area (Å²) < 4.78 is 0. The number of hydrogen-bond acceptors (Lipinski definition) is 3. The van der Waals surface area contributed by atoms with Crippen LogP contribution in [0.25, 0.3) is 0 Å². The summed E-state index contributed by atoms with van der Waals surface area (Å²) >= 11 is 0. The molecular weight excluding hydrogens is 236 g/mol. The van der Waals surface area contributed by atoms with Gasteiger partial charge in [-0.15, -0.1) is 0 Å². The largest absolute Gasteiger partial charge is 0.392 e. The van der Waals surface area contributed by atoms with Crippen LogP contribution in [0.1, 0.15) is 51.0 Å². The maximum absolute atomic E-state index is 10.4. The molecule has 3 nitrogen and oxygen atoms in total. The molecule has 1 aromatic heterocycles. The van der Waals surface area contributed by atoms with Crippen molar-refractivity contribution >= 4 is 5.82 Å². The fourth-order valence-electron chi connectivity index (χ4n) is 3.29. The van der Waals surface area contributed by atoms with Gasteiger partial charge in [-0.25, -0.2) is 4.98 Å². The molecule has 1 saturated carbocycles. The lowest BCUT2D eigenvalue weighted by Gasteiger charge is -2.31. The number of aliphatic hydroxyl groups is 1. The molecule has 3 heteroatoms. The van der Waals surface area contributed by atoms with E-state index in [9.17, 15) is 5.11 Å². The van der Waals surface area contributed by atoms with Crippen molar-refractivity contribution in [3.8, 4) is 0 Å². The van der Waals surface area contributed by atoms with Gasteiger partial charge in [-0.3, -0.25) is 0 Å². The molecular formula is C16H26N2O. The maximum atomic E-state index is 10.4. The van der Waals surface area contributed by atoms with Crippen LogP contribution in [0.15, 0.2) is 18.3 Å². The van der Waals surface area contributed by atoms with E-state index in [0.29, 0.717) is 18.2 Å². The zero-order chi connectivity index (χ0) is 13.7. The lowest BCUT2D eigenvalue weighted by molar-refractivity contribution is 0.0729. The number of hydrogen-bond donors (Lipinski definition) is 2. The predicted octanol–water partition coefficient (Wildman–Crippen LogP) is 3.17. The van der Waals surface area contributed by atoms with Crippen molar-refractivity contribution in [1.82, 2.24) is 4.98 Å². The van der Waals surface area contributed by atoms with Crippen LogP contribution in [0, 0.1) is 11.8 Å². The first-order chi connectivity index (χ1) is 9.20. The highest BCUT2D eigenvalue weighted by molar-refractivity contribution is 5.38. The third-order valence-corrected chi connectivity index (χ3v) is 4.49. The molecule has 0 radical (unpaired) electrons. The van der Waals surface area contributed by atoms with Crippen LogP contribution in [0.3, 0.4) is 0 Å². The minimum Gasteiger partial charge on any atom is -0.392 e. The van der Waals surface area contributed by atoms with Crippen LogP contribution in [0.5, 0.6) is 0 Å². The SMILES string of the molecule is CCCC1CCC(C(O)Cc2cccnc2N)CC1. The molecule has 2 rings (SSSR count). The van der Waals surface area contributed by atoms with Crippen molar-refractivity contribution in [2.75, 3.05) is 5.73 Å². The van der Waals surface area contributed by atoms with Crippen molar-refractivity contribution in [2.45, 2.75) is 58.0 Å². The molecule has 0 aromatic carbocycles. The van der Waals surface area contributed by atoms with Crippen LogP contribution in [-0.4, -0.2) is 16.2 Å². The van der Waals surface area contributed by atoms with Crippen LogP contribution >= 0.6 is 0 Å². The van der Waals surface area contributed by atoms with Gasteiger partial charge >= 0.3 is 0 Å². The average molecular weight is 262 g/mol. The summed E-state index contributed by atoms with van der Waals surface area (Å²) in [4.78, 5) is 4.08. The molecule has 3 N–H and O–H groups in total. The Hall–Kier alpha value is -1.09. The number of rotatable bonds is 5. The second-order valence-electron chi connectivity index (χ2n) is 5.89. The molecule has 0 amide bonds. The van der Waals surface area contributed by atoms with Crippen LogP contribution in [0.4, 0.5) is 5.82 Å². The summed E-state index contributed by atoms with van der Waals surface area (Å²) in [7, 11) is 0. The Labute approximate surface area is 116 Å². The van der Waals surface area contributed by atoms with Gasteiger partial charge in [-0.1, -0.05) is 38.7 Å². The maximum Gasteiger partial charge on any atom is 0.126 e. The second-order valence-corrected chi connectivity index (χ2v) is 5.89. The highest BCUT2D eigenvalue weighted by Gasteiger charge is 2.26. The van der Waals surface area contributed by atoms with E-state index in [1.165, 1.54) is 25.7 Å². The van der Waals surface area contributed by atoms with Gasteiger partial charge in [0.2, 0.25) is 0 Å². The molecule has 1 aliphatic carbocycles. The van der Waals surface area contributed by atoms with Gasteiger partial charge in [0, 0.05) is 12.6 Å². The quantitative estimate of drug-likeness (QED) is 0.857. The molecule has 1 atom stereocenters.